The Labute approximate surface area is 257 Å². The topological polar surface area (TPSA) is 63.6 Å². The summed E-state index contributed by atoms with van der Waals surface area (Å²) in [5, 5.41) is 9.99. The van der Waals surface area contributed by atoms with Crippen molar-refractivity contribution in [3.05, 3.63) is 76.9 Å². The molecule has 43 heavy (non-hydrogen) atoms. The minimum Gasteiger partial charge on any atom is -0.508 e. The van der Waals surface area contributed by atoms with Crippen molar-refractivity contribution in [3.8, 4) is 23.0 Å². The minimum atomic E-state index is 0.140. The highest BCUT2D eigenvalue weighted by Crippen LogP contribution is 2.45. The first kappa shape index (κ1) is 31.0. The number of phenolic OH excluding ortho intramolecular Hbond substituents is 1. The first-order valence-corrected chi connectivity index (χ1v) is 15.8. The normalized spacial score (nSPS) is 18.7. The quantitative estimate of drug-likeness (QED) is 0.237. The molecule has 3 atom stereocenters. The summed E-state index contributed by atoms with van der Waals surface area (Å²) < 4.78 is 23.4. The number of aromatic hydroxyl groups is 1. The Balaban J connectivity index is 1.31. The van der Waals surface area contributed by atoms with Crippen molar-refractivity contribution < 1.29 is 24.1 Å². The molecule has 0 saturated carbocycles. The van der Waals surface area contributed by atoms with Crippen LogP contribution in [0, 0.1) is 0 Å². The fraction of sp³-hybridized carbons (Fsp3) is 0.500. The van der Waals surface area contributed by atoms with Gasteiger partial charge in [0, 0.05) is 38.0 Å². The Bertz CT molecular complexity index is 1340. The van der Waals surface area contributed by atoms with Gasteiger partial charge in [0.2, 0.25) is 0 Å². The number of nitrogens with zero attached hydrogens (tertiary/aromatic N) is 2. The lowest BCUT2D eigenvalue weighted by Gasteiger charge is -2.36. The van der Waals surface area contributed by atoms with E-state index >= 15 is 0 Å². The van der Waals surface area contributed by atoms with Crippen LogP contribution in [0.25, 0.3) is 0 Å². The molecule has 2 aliphatic rings. The maximum absolute atomic E-state index is 9.99. The van der Waals surface area contributed by atoms with Crippen LogP contribution in [0.4, 0.5) is 5.69 Å². The molecule has 5 rings (SSSR count). The van der Waals surface area contributed by atoms with E-state index in [2.05, 4.69) is 73.2 Å². The lowest BCUT2D eigenvalue weighted by atomic mass is 9.79. The number of hydrogen-bond acceptors (Lipinski definition) is 7. The summed E-state index contributed by atoms with van der Waals surface area (Å²) in [6, 6.07) is 18.8. The molecule has 7 heteroatoms. The van der Waals surface area contributed by atoms with Gasteiger partial charge in [-0.1, -0.05) is 18.2 Å². The number of methoxy groups -OCH3 is 2. The molecule has 1 aliphatic carbocycles. The molecular formula is C36H48N2O5. The van der Waals surface area contributed by atoms with Crippen LogP contribution >= 0.6 is 0 Å². The van der Waals surface area contributed by atoms with E-state index in [0.29, 0.717) is 24.4 Å². The van der Waals surface area contributed by atoms with Gasteiger partial charge in [0.25, 0.3) is 0 Å². The number of likely N-dealkylation sites (N-methyl/N-ethyl adjacent to an activating group) is 1. The van der Waals surface area contributed by atoms with Gasteiger partial charge in [-0.05, 0) is 112 Å². The highest BCUT2D eigenvalue weighted by atomic mass is 16.5. The zero-order valence-corrected chi connectivity index (χ0v) is 26.5. The lowest BCUT2D eigenvalue weighted by molar-refractivity contribution is 0.0771. The Hall–Kier alpha value is -3.42. The summed E-state index contributed by atoms with van der Waals surface area (Å²) in [7, 11) is 5.53. The van der Waals surface area contributed by atoms with Crippen molar-refractivity contribution in [2.24, 2.45) is 0 Å². The number of benzene rings is 3. The van der Waals surface area contributed by atoms with Crippen LogP contribution in [0.1, 0.15) is 67.3 Å². The van der Waals surface area contributed by atoms with Gasteiger partial charge in [0.05, 0.1) is 26.4 Å². The fourth-order valence-electron chi connectivity index (χ4n) is 6.69. The molecule has 0 spiro atoms. The summed E-state index contributed by atoms with van der Waals surface area (Å²) in [5.74, 6) is 3.06. The standard InChI is InChI=1S/C36H48N2O5/c1-6-38(25(2)26-12-15-31(16-13-26)43-19-17-37(3)24-32-8-7-18-42-32)34-23-36(41-5)35(40-4)22-33(34)29-10-9-28-21-30(39)14-11-27(28)20-29/h11-16,21-23,25,29,32,39H,6-10,17-20,24H2,1-5H3/t25?,29-,32-/m1/s1. The molecular weight excluding hydrogens is 540 g/mol. The van der Waals surface area contributed by atoms with Gasteiger partial charge in [0.15, 0.2) is 11.5 Å². The van der Waals surface area contributed by atoms with E-state index in [9.17, 15) is 5.11 Å². The van der Waals surface area contributed by atoms with Crippen molar-refractivity contribution in [1.29, 1.82) is 0 Å². The first-order chi connectivity index (χ1) is 20.9. The van der Waals surface area contributed by atoms with E-state index in [1.54, 1.807) is 20.3 Å². The van der Waals surface area contributed by atoms with Crippen LogP contribution in [0.3, 0.4) is 0 Å². The number of phenols is 1. The van der Waals surface area contributed by atoms with Crippen LogP contribution in [0.5, 0.6) is 23.0 Å². The van der Waals surface area contributed by atoms with E-state index < -0.39 is 0 Å². The predicted molar refractivity (Wildman–Crippen MR) is 172 cm³/mol. The molecule has 1 fully saturated rings. The smallest absolute Gasteiger partial charge is 0.162 e. The third kappa shape index (κ3) is 7.39. The van der Waals surface area contributed by atoms with E-state index in [-0.39, 0.29) is 6.04 Å². The molecule has 0 amide bonds. The van der Waals surface area contributed by atoms with Gasteiger partial charge in [-0.3, -0.25) is 0 Å². The van der Waals surface area contributed by atoms with E-state index in [1.165, 1.54) is 34.4 Å². The molecule has 7 nitrogen and oxygen atoms in total. The van der Waals surface area contributed by atoms with E-state index in [1.807, 2.05) is 6.07 Å². The second-order valence-electron chi connectivity index (χ2n) is 11.9. The third-order valence-electron chi connectivity index (χ3n) is 9.15. The molecule has 0 aromatic heterocycles. The molecule has 1 saturated heterocycles. The number of anilines is 1. The van der Waals surface area contributed by atoms with Crippen LogP contribution in [0.15, 0.2) is 54.6 Å². The number of aryl methyl sites for hydroxylation is 1. The van der Waals surface area contributed by atoms with Gasteiger partial charge >= 0.3 is 0 Å². The van der Waals surface area contributed by atoms with Crippen molar-refractivity contribution in [1.82, 2.24) is 4.90 Å². The SMILES string of the molecule is CCN(c1cc(OC)c(OC)cc1[C@@H]1CCc2cc(O)ccc2C1)C(C)c1ccc(OCCN(C)C[C@H]2CCCO2)cc1. The van der Waals surface area contributed by atoms with Crippen molar-refractivity contribution >= 4 is 5.69 Å². The monoisotopic (exact) mass is 588 g/mol. The minimum absolute atomic E-state index is 0.140. The van der Waals surface area contributed by atoms with Crippen LogP contribution in [0.2, 0.25) is 0 Å². The Morgan fingerprint density at radius 1 is 0.977 bits per heavy atom. The van der Waals surface area contributed by atoms with Gasteiger partial charge < -0.3 is 33.9 Å². The third-order valence-corrected chi connectivity index (χ3v) is 9.15. The van der Waals surface area contributed by atoms with Crippen LogP contribution < -0.4 is 19.1 Å². The van der Waals surface area contributed by atoms with Crippen LogP contribution in [-0.4, -0.2) is 70.2 Å². The summed E-state index contributed by atoms with van der Waals surface area (Å²) in [6.07, 6.45) is 5.57. The summed E-state index contributed by atoms with van der Waals surface area (Å²) in [6.45, 7) is 8.69. The number of ether oxygens (including phenoxy) is 4. The molecule has 3 aromatic rings. The van der Waals surface area contributed by atoms with Gasteiger partial charge in [-0.2, -0.15) is 0 Å². The van der Waals surface area contributed by atoms with Gasteiger partial charge in [-0.15, -0.1) is 0 Å². The first-order valence-electron chi connectivity index (χ1n) is 15.8. The fourth-order valence-corrected chi connectivity index (χ4v) is 6.69. The Morgan fingerprint density at radius 2 is 1.74 bits per heavy atom. The highest BCUT2D eigenvalue weighted by Gasteiger charge is 2.28. The molecule has 0 radical (unpaired) electrons. The maximum Gasteiger partial charge on any atom is 0.162 e. The Kier molecular flexibility index (Phi) is 10.4. The second kappa shape index (κ2) is 14.4. The van der Waals surface area contributed by atoms with Crippen molar-refractivity contribution in [2.75, 3.05) is 59.0 Å². The average Bonchev–Trinajstić information content (AvgIpc) is 3.54. The largest absolute Gasteiger partial charge is 0.508 e. The van der Waals surface area contributed by atoms with Crippen LogP contribution in [-0.2, 0) is 17.6 Å². The average molecular weight is 589 g/mol. The van der Waals surface area contributed by atoms with Crippen molar-refractivity contribution in [3.63, 3.8) is 0 Å². The highest BCUT2D eigenvalue weighted by molar-refractivity contribution is 5.65. The summed E-state index contributed by atoms with van der Waals surface area (Å²) >= 11 is 0. The molecule has 1 unspecified atom stereocenters. The molecule has 232 valence electrons. The number of rotatable bonds is 13. The van der Waals surface area contributed by atoms with E-state index in [0.717, 1.165) is 69.2 Å². The molecule has 1 aliphatic heterocycles. The second-order valence-corrected chi connectivity index (χ2v) is 11.9. The summed E-state index contributed by atoms with van der Waals surface area (Å²) in [4.78, 5) is 4.75. The predicted octanol–water partition coefficient (Wildman–Crippen LogP) is 6.76. The molecule has 3 aromatic carbocycles. The zero-order valence-electron chi connectivity index (χ0n) is 26.5. The zero-order chi connectivity index (χ0) is 30.3. The number of fused-ring (bicyclic) bond motifs is 1. The molecule has 1 N–H and O–H groups in total. The van der Waals surface area contributed by atoms with E-state index in [4.69, 9.17) is 18.9 Å². The van der Waals surface area contributed by atoms with Crippen molar-refractivity contribution in [2.45, 2.75) is 64.0 Å². The molecule has 1 heterocycles. The number of hydrogen-bond donors (Lipinski definition) is 1. The maximum atomic E-state index is 9.99. The van der Waals surface area contributed by atoms with Gasteiger partial charge in [-0.25, -0.2) is 0 Å². The Morgan fingerprint density at radius 3 is 2.44 bits per heavy atom. The molecule has 0 bridgehead atoms. The lowest BCUT2D eigenvalue weighted by Crippen LogP contribution is -2.32. The van der Waals surface area contributed by atoms with Gasteiger partial charge in [0.1, 0.15) is 18.1 Å². The summed E-state index contributed by atoms with van der Waals surface area (Å²) in [5.41, 5.74) is 6.23.